The van der Waals surface area contributed by atoms with Gasteiger partial charge in [0.1, 0.15) is 5.76 Å². The van der Waals surface area contributed by atoms with Gasteiger partial charge in [-0.15, -0.1) is 0 Å². The Balaban J connectivity index is 1.89. The fourth-order valence-corrected chi connectivity index (χ4v) is 1.67. The van der Waals surface area contributed by atoms with Gasteiger partial charge < -0.3 is 9.73 Å². The Morgan fingerprint density at radius 1 is 1.25 bits per heavy atom. The second-order valence-electron chi connectivity index (χ2n) is 3.65. The zero-order valence-corrected chi connectivity index (χ0v) is 9.44. The molecule has 0 aromatic carbocycles. The van der Waals surface area contributed by atoms with Gasteiger partial charge in [-0.1, -0.05) is 13.0 Å². The molecule has 0 aliphatic carbocycles. The van der Waals surface area contributed by atoms with Gasteiger partial charge in [0.2, 0.25) is 0 Å². The fraction of sp³-hybridized carbons (Fsp3) is 0.308. The molecular weight excluding hydrogens is 200 g/mol. The summed E-state index contributed by atoms with van der Waals surface area (Å²) in [5.74, 6) is 0.953. The standard InChI is InChI=1S/C13H16N2O/c1-2-11-5-3-7-15-13(11)10-14-9-12-6-4-8-16-12/h3-8,14H,2,9-10H2,1H3. The lowest BCUT2D eigenvalue weighted by Crippen LogP contribution is -2.14. The van der Waals surface area contributed by atoms with E-state index in [0.29, 0.717) is 0 Å². The molecule has 0 aliphatic rings. The Labute approximate surface area is 95.5 Å². The summed E-state index contributed by atoms with van der Waals surface area (Å²) < 4.78 is 5.25. The van der Waals surface area contributed by atoms with Crippen molar-refractivity contribution in [1.82, 2.24) is 10.3 Å². The van der Waals surface area contributed by atoms with E-state index in [0.717, 1.165) is 31.0 Å². The number of rotatable bonds is 5. The van der Waals surface area contributed by atoms with E-state index in [1.54, 1.807) is 6.26 Å². The molecule has 0 radical (unpaired) electrons. The van der Waals surface area contributed by atoms with E-state index in [9.17, 15) is 0 Å². The molecule has 0 saturated heterocycles. The van der Waals surface area contributed by atoms with Crippen LogP contribution in [0.2, 0.25) is 0 Å². The molecule has 2 heterocycles. The molecule has 0 saturated carbocycles. The van der Waals surface area contributed by atoms with Gasteiger partial charge in [-0.25, -0.2) is 0 Å². The van der Waals surface area contributed by atoms with Crippen LogP contribution >= 0.6 is 0 Å². The number of aromatic nitrogens is 1. The van der Waals surface area contributed by atoms with Crippen molar-refractivity contribution in [3.05, 3.63) is 53.7 Å². The molecule has 3 nitrogen and oxygen atoms in total. The van der Waals surface area contributed by atoms with Gasteiger partial charge in [0.15, 0.2) is 0 Å². The maximum absolute atomic E-state index is 5.25. The first-order chi connectivity index (χ1) is 7.90. The maximum Gasteiger partial charge on any atom is 0.117 e. The van der Waals surface area contributed by atoms with Crippen molar-refractivity contribution in [1.29, 1.82) is 0 Å². The second-order valence-corrected chi connectivity index (χ2v) is 3.65. The predicted octanol–water partition coefficient (Wildman–Crippen LogP) is 2.53. The first-order valence-corrected chi connectivity index (χ1v) is 5.56. The van der Waals surface area contributed by atoms with Crippen molar-refractivity contribution in [3.8, 4) is 0 Å². The van der Waals surface area contributed by atoms with Crippen LogP contribution in [0.15, 0.2) is 41.1 Å². The minimum atomic E-state index is 0.743. The van der Waals surface area contributed by atoms with Crippen molar-refractivity contribution < 1.29 is 4.42 Å². The van der Waals surface area contributed by atoms with Gasteiger partial charge in [-0.3, -0.25) is 4.98 Å². The highest BCUT2D eigenvalue weighted by molar-refractivity contribution is 5.19. The van der Waals surface area contributed by atoms with Gasteiger partial charge in [0.05, 0.1) is 18.5 Å². The van der Waals surface area contributed by atoms with Gasteiger partial charge >= 0.3 is 0 Å². The maximum atomic E-state index is 5.25. The lowest BCUT2D eigenvalue weighted by atomic mass is 10.1. The third kappa shape index (κ3) is 2.70. The van der Waals surface area contributed by atoms with Crippen molar-refractivity contribution >= 4 is 0 Å². The van der Waals surface area contributed by atoms with Crippen molar-refractivity contribution in [2.24, 2.45) is 0 Å². The predicted molar refractivity (Wildman–Crippen MR) is 62.9 cm³/mol. The average molecular weight is 216 g/mol. The van der Waals surface area contributed by atoms with Crippen LogP contribution in [-0.2, 0) is 19.5 Å². The van der Waals surface area contributed by atoms with Gasteiger partial charge in [0.25, 0.3) is 0 Å². The van der Waals surface area contributed by atoms with Gasteiger partial charge in [0, 0.05) is 12.7 Å². The highest BCUT2D eigenvalue weighted by atomic mass is 16.3. The molecule has 2 rings (SSSR count). The van der Waals surface area contributed by atoms with Gasteiger partial charge in [-0.05, 0) is 30.2 Å². The molecule has 0 fully saturated rings. The Morgan fingerprint density at radius 3 is 2.94 bits per heavy atom. The molecule has 3 heteroatoms. The molecule has 2 aromatic heterocycles. The number of furan rings is 1. The van der Waals surface area contributed by atoms with E-state index in [2.05, 4.69) is 23.3 Å². The molecule has 0 spiro atoms. The van der Waals surface area contributed by atoms with Crippen molar-refractivity contribution in [2.75, 3.05) is 0 Å². The van der Waals surface area contributed by atoms with Crippen LogP contribution in [0.4, 0.5) is 0 Å². The van der Waals surface area contributed by atoms with Crippen LogP contribution in [0.25, 0.3) is 0 Å². The number of hydrogen-bond acceptors (Lipinski definition) is 3. The van der Waals surface area contributed by atoms with Crippen LogP contribution in [-0.4, -0.2) is 4.98 Å². The summed E-state index contributed by atoms with van der Waals surface area (Å²) in [5.41, 5.74) is 2.42. The number of pyridine rings is 1. The highest BCUT2D eigenvalue weighted by Crippen LogP contribution is 2.06. The number of aryl methyl sites for hydroxylation is 1. The van der Waals surface area contributed by atoms with Gasteiger partial charge in [-0.2, -0.15) is 0 Å². The van der Waals surface area contributed by atoms with Crippen LogP contribution in [0.1, 0.15) is 23.9 Å². The van der Waals surface area contributed by atoms with E-state index < -0.39 is 0 Å². The quantitative estimate of drug-likeness (QED) is 0.834. The van der Waals surface area contributed by atoms with Crippen LogP contribution in [0.5, 0.6) is 0 Å². The van der Waals surface area contributed by atoms with E-state index in [1.165, 1.54) is 5.56 Å². The van der Waals surface area contributed by atoms with Crippen LogP contribution in [0, 0.1) is 0 Å². The van der Waals surface area contributed by atoms with Crippen molar-refractivity contribution in [3.63, 3.8) is 0 Å². The SMILES string of the molecule is CCc1cccnc1CNCc1ccco1. The summed E-state index contributed by atoms with van der Waals surface area (Å²) in [6.45, 7) is 3.67. The molecule has 16 heavy (non-hydrogen) atoms. The van der Waals surface area contributed by atoms with E-state index in [-0.39, 0.29) is 0 Å². The Morgan fingerprint density at radius 2 is 2.19 bits per heavy atom. The lowest BCUT2D eigenvalue weighted by molar-refractivity contribution is 0.481. The summed E-state index contributed by atoms with van der Waals surface area (Å²) in [6.07, 6.45) is 4.55. The molecule has 84 valence electrons. The largest absolute Gasteiger partial charge is 0.468 e. The summed E-state index contributed by atoms with van der Waals surface area (Å²) in [6, 6.07) is 7.97. The topological polar surface area (TPSA) is 38.1 Å². The van der Waals surface area contributed by atoms with Crippen LogP contribution < -0.4 is 5.32 Å². The number of hydrogen-bond donors (Lipinski definition) is 1. The molecule has 0 aliphatic heterocycles. The molecule has 0 unspecified atom stereocenters. The third-order valence-electron chi connectivity index (χ3n) is 2.54. The Hall–Kier alpha value is -1.61. The molecule has 0 amide bonds. The van der Waals surface area contributed by atoms with Crippen molar-refractivity contribution in [2.45, 2.75) is 26.4 Å². The summed E-state index contributed by atoms with van der Waals surface area (Å²) in [4.78, 5) is 4.38. The molecule has 1 N–H and O–H groups in total. The normalized spacial score (nSPS) is 10.6. The molecular formula is C13H16N2O. The molecule has 0 atom stereocenters. The minimum absolute atomic E-state index is 0.743. The van der Waals surface area contributed by atoms with E-state index >= 15 is 0 Å². The average Bonchev–Trinajstić information content (AvgIpc) is 2.83. The number of nitrogens with one attached hydrogen (secondary N) is 1. The first kappa shape index (κ1) is 10.9. The molecule has 0 bridgehead atoms. The number of nitrogens with zero attached hydrogens (tertiary/aromatic N) is 1. The Bertz CT molecular complexity index is 423. The fourth-order valence-electron chi connectivity index (χ4n) is 1.67. The van der Waals surface area contributed by atoms with Crippen LogP contribution in [0.3, 0.4) is 0 Å². The summed E-state index contributed by atoms with van der Waals surface area (Å²) >= 11 is 0. The minimum Gasteiger partial charge on any atom is -0.468 e. The summed E-state index contributed by atoms with van der Waals surface area (Å²) in [7, 11) is 0. The molecule has 2 aromatic rings. The monoisotopic (exact) mass is 216 g/mol. The zero-order valence-electron chi connectivity index (χ0n) is 9.44. The summed E-state index contributed by atoms with van der Waals surface area (Å²) in [5, 5.41) is 3.32. The highest BCUT2D eigenvalue weighted by Gasteiger charge is 2.01. The zero-order chi connectivity index (χ0) is 11.2. The third-order valence-corrected chi connectivity index (χ3v) is 2.54. The lowest BCUT2D eigenvalue weighted by Gasteiger charge is -2.06. The second kappa shape index (κ2) is 5.47. The first-order valence-electron chi connectivity index (χ1n) is 5.56. The Kier molecular flexibility index (Phi) is 3.72. The smallest absolute Gasteiger partial charge is 0.117 e. The van der Waals surface area contributed by atoms with E-state index in [4.69, 9.17) is 4.42 Å². The van der Waals surface area contributed by atoms with E-state index in [1.807, 2.05) is 24.4 Å².